The summed E-state index contributed by atoms with van der Waals surface area (Å²) >= 11 is 10.5. The minimum absolute atomic E-state index is 0.132. The van der Waals surface area contributed by atoms with Gasteiger partial charge in [-0.2, -0.15) is 0 Å². The van der Waals surface area contributed by atoms with Crippen molar-refractivity contribution in [3.05, 3.63) is 55.1 Å². The van der Waals surface area contributed by atoms with E-state index in [0.717, 1.165) is 31.3 Å². The Bertz CT molecular complexity index is 634. The van der Waals surface area contributed by atoms with Crippen LogP contribution in [0.25, 0.3) is 0 Å². The molecule has 0 amide bonds. The Labute approximate surface area is 149 Å². The molecular formula is C15H15Br3N2O. The first-order valence-corrected chi connectivity index (χ1v) is 8.73. The molecule has 1 heterocycles. The topological polar surface area (TPSA) is 34.1 Å². The zero-order valence-electron chi connectivity index (χ0n) is 11.7. The number of nitrogens with one attached hydrogen (secondary N) is 1. The average molecular weight is 479 g/mol. The lowest BCUT2D eigenvalue weighted by molar-refractivity contribution is 0.412. The Morgan fingerprint density at radius 2 is 1.95 bits per heavy atom. The van der Waals surface area contributed by atoms with Crippen molar-refractivity contribution in [2.75, 3.05) is 14.2 Å². The van der Waals surface area contributed by atoms with Crippen molar-refractivity contribution in [1.29, 1.82) is 0 Å². The highest BCUT2D eigenvalue weighted by Gasteiger charge is 2.16. The number of methoxy groups -OCH3 is 1. The summed E-state index contributed by atoms with van der Waals surface area (Å²) in [5.41, 5.74) is 2.20. The highest BCUT2D eigenvalue weighted by atomic mass is 79.9. The third-order valence-corrected chi connectivity index (χ3v) is 4.86. The Balaban J connectivity index is 2.24. The summed E-state index contributed by atoms with van der Waals surface area (Å²) in [5.74, 6) is 0.836. The zero-order valence-corrected chi connectivity index (χ0v) is 16.4. The molecule has 2 aromatic rings. The number of ether oxygens (including phenoxy) is 1. The summed E-state index contributed by atoms with van der Waals surface area (Å²) in [5, 5.41) is 3.32. The summed E-state index contributed by atoms with van der Waals surface area (Å²) in [4.78, 5) is 4.51. The van der Waals surface area contributed by atoms with Gasteiger partial charge in [-0.25, -0.2) is 0 Å². The predicted octanol–water partition coefficient (Wildman–Crippen LogP) is 4.88. The second-order valence-corrected chi connectivity index (χ2v) is 7.16. The third-order valence-electron chi connectivity index (χ3n) is 3.17. The first-order valence-electron chi connectivity index (χ1n) is 6.35. The maximum Gasteiger partial charge on any atom is 0.133 e. The van der Waals surface area contributed by atoms with Crippen molar-refractivity contribution in [3.8, 4) is 5.75 Å². The van der Waals surface area contributed by atoms with E-state index in [1.54, 1.807) is 7.11 Å². The van der Waals surface area contributed by atoms with E-state index in [-0.39, 0.29) is 6.04 Å². The number of hydrogen-bond donors (Lipinski definition) is 1. The Morgan fingerprint density at radius 3 is 2.52 bits per heavy atom. The molecule has 2 rings (SSSR count). The molecule has 0 aliphatic rings. The van der Waals surface area contributed by atoms with Crippen LogP contribution in [0.5, 0.6) is 5.75 Å². The van der Waals surface area contributed by atoms with Crippen LogP contribution in [0.2, 0.25) is 0 Å². The van der Waals surface area contributed by atoms with Gasteiger partial charge in [0.05, 0.1) is 23.3 Å². The van der Waals surface area contributed by atoms with Crippen molar-refractivity contribution in [3.63, 3.8) is 0 Å². The molecule has 21 heavy (non-hydrogen) atoms. The van der Waals surface area contributed by atoms with Crippen molar-refractivity contribution < 1.29 is 4.74 Å². The molecular weight excluding hydrogens is 464 g/mol. The van der Waals surface area contributed by atoms with Gasteiger partial charge >= 0.3 is 0 Å². The first kappa shape index (κ1) is 16.9. The van der Waals surface area contributed by atoms with Crippen LogP contribution in [0.1, 0.15) is 17.3 Å². The fraction of sp³-hybridized carbons (Fsp3) is 0.267. The number of hydrogen-bond acceptors (Lipinski definition) is 3. The SMILES string of the molecule is CNC(Cc1ccc(OC)c(Br)c1)c1ncc(Br)cc1Br. The third kappa shape index (κ3) is 4.28. The maximum absolute atomic E-state index is 5.26. The van der Waals surface area contributed by atoms with Crippen molar-refractivity contribution >= 4 is 47.8 Å². The van der Waals surface area contributed by atoms with Crippen molar-refractivity contribution in [2.24, 2.45) is 0 Å². The minimum Gasteiger partial charge on any atom is -0.496 e. The van der Waals surface area contributed by atoms with Crippen LogP contribution in [-0.2, 0) is 6.42 Å². The van der Waals surface area contributed by atoms with Gasteiger partial charge in [0, 0.05) is 15.1 Å². The molecule has 1 aromatic carbocycles. The van der Waals surface area contributed by atoms with Gasteiger partial charge in [-0.05, 0) is 85.0 Å². The number of benzene rings is 1. The van der Waals surface area contributed by atoms with Crippen LogP contribution in [0.15, 0.2) is 43.9 Å². The van der Waals surface area contributed by atoms with Crippen molar-refractivity contribution in [2.45, 2.75) is 12.5 Å². The molecule has 1 unspecified atom stereocenters. The minimum atomic E-state index is 0.132. The van der Waals surface area contributed by atoms with E-state index in [1.165, 1.54) is 5.56 Å². The van der Waals surface area contributed by atoms with Gasteiger partial charge in [-0.1, -0.05) is 6.07 Å². The molecule has 0 spiro atoms. The van der Waals surface area contributed by atoms with Crippen LogP contribution in [-0.4, -0.2) is 19.1 Å². The van der Waals surface area contributed by atoms with E-state index < -0.39 is 0 Å². The second kappa shape index (κ2) is 7.72. The molecule has 0 saturated heterocycles. The number of halogens is 3. The lowest BCUT2D eigenvalue weighted by Gasteiger charge is -2.18. The van der Waals surface area contributed by atoms with E-state index in [1.807, 2.05) is 25.4 Å². The fourth-order valence-corrected chi connectivity index (χ4v) is 3.94. The number of rotatable bonds is 5. The Kier molecular flexibility index (Phi) is 6.22. The summed E-state index contributed by atoms with van der Waals surface area (Å²) < 4.78 is 8.17. The number of aromatic nitrogens is 1. The van der Waals surface area contributed by atoms with Crippen LogP contribution in [0.4, 0.5) is 0 Å². The number of pyridine rings is 1. The Morgan fingerprint density at radius 1 is 1.19 bits per heavy atom. The molecule has 1 aromatic heterocycles. The quantitative estimate of drug-likeness (QED) is 0.665. The average Bonchev–Trinajstić information content (AvgIpc) is 2.45. The molecule has 6 heteroatoms. The van der Waals surface area contributed by atoms with E-state index in [4.69, 9.17) is 4.74 Å². The normalized spacial score (nSPS) is 12.2. The maximum atomic E-state index is 5.26. The smallest absolute Gasteiger partial charge is 0.133 e. The molecule has 0 bridgehead atoms. The molecule has 0 aliphatic heterocycles. The molecule has 0 aliphatic carbocycles. The van der Waals surface area contributed by atoms with Gasteiger partial charge in [-0.3, -0.25) is 4.98 Å². The van der Waals surface area contributed by atoms with Gasteiger partial charge < -0.3 is 10.1 Å². The fourth-order valence-electron chi connectivity index (χ4n) is 2.09. The summed E-state index contributed by atoms with van der Waals surface area (Å²) in [6.45, 7) is 0. The van der Waals surface area contributed by atoms with Crippen molar-refractivity contribution in [1.82, 2.24) is 10.3 Å². The van der Waals surface area contributed by atoms with Crippen LogP contribution < -0.4 is 10.1 Å². The van der Waals surface area contributed by atoms with Crippen LogP contribution in [0, 0.1) is 0 Å². The van der Waals surface area contributed by atoms with Crippen LogP contribution >= 0.6 is 47.8 Å². The molecule has 1 N–H and O–H groups in total. The lowest BCUT2D eigenvalue weighted by Crippen LogP contribution is -2.20. The number of nitrogens with zero attached hydrogens (tertiary/aromatic N) is 1. The molecule has 1 atom stereocenters. The monoisotopic (exact) mass is 476 g/mol. The van der Waals surface area contributed by atoms with Gasteiger partial charge in [0.15, 0.2) is 0 Å². The first-order chi connectivity index (χ1) is 10.0. The van der Waals surface area contributed by atoms with E-state index in [0.29, 0.717) is 0 Å². The lowest BCUT2D eigenvalue weighted by atomic mass is 10.0. The predicted molar refractivity (Wildman–Crippen MR) is 95.8 cm³/mol. The highest BCUT2D eigenvalue weighted by molar-refractivity contribution is 9.11. The van der Waals surface area contributed by atoms with Crippen LogP contribution in [0.3, 0.4) is 0 Å². The second-order valence-electron chi connectivity index (χ2n) is 4.53. The van der Waals surface area contributed by atoms with E-state index >= 15 is 0 Å². The van der Waals surface area contributed by atoms with Gasteiger partial charge in [0.2, 0.25) is 0 Å². The number of likely N-dealkylation sites (N-methyl/N-ethyl adjacent to an activating group) is 1. The Hall–Kier alpha value is -0.430. The molecule has 3 nitrogen and oxygen atoms in total. The molecule has 112 valence electrons. The molecule has 0 fully saturated rings. The summed E-state index contributed by atoms with van der Waals surface area (Å²) in [6.07, 6.45) is 2.65. The summed E-state index contributed by atoms with van der Waals surface area (Å²) in [7, 11) is 3.61. The van der Waals surface area contributed by atoms with E-state index in [9.17, 15) is 0 Å². The van der Waals surface area contributed by atoms with Gasteiger partial charge in [0.1, 0.15) is 5.75 Å². The molecule has 0 saturated carbocycles. The largest absolute Gasteiger partial charge is 0.496 e. The van der Waals surface area contributed by atoms with Gasteiger partial charge in [-0.15, -0.1) is 0 Å². The zero-order chi connectivity index (χ0) is 15.4. The summed E-state index contributed by atoms with van der Waals surface area (Å²) in [6, 6.07) is 8.26. The molecule has 0 radical (unpaired) electrons. The highest BCUT2D eigenvalue weighted by Crippen LogP contribution is 2.30. The van der Waals surface area contributed by atoms with Gasteiger partial charge in [0.25, 0.3) is 0 Å². The standard InChI is InChI=1S/C15H15Br3N2O/c1-19-13(15-12(18)7-10(16)8-20-15)6-9-3-4-14(21-2)11(17)5-9/h3-5,7-8,13,19H,6H2,1-2H3. The van der Waals surface area contributed by atoms with E-state index in [2.05, 4.69) is 70.2 Å².